The van der Waals surface area contributed by atoms with Crippen molar-refractivity contribution in [3.05, 3.63) is 11.5 Å². The molecular weight excluding hydrogens is 136 g/mol. The zero-order valence-corrected chi connectivity index (χ0v) is 6.19. The standard InChI is InChI=1S/C6H10O2S/c1-6-2-4-9(7,8)5-3-6/h2,4,6H,3,5H2,1H3. The highest BCUT2D eigenvalue weighted by atomic mass is 32.2. The van der Waals surface area contributed by atoms with Crippen LogP contribution in [0.15, 0.2) is 11.5 Å². The van der Waals surface area contributed by atoms with E-state index in [4.69, 9.17) is 0 Å². The number of rotatable bonds is 0. The Hall–Kier alpha value is -0.310. The van der Waals surface area contributed by atoms with E-state index in [1.54, 1.807) is 6.08 Å². The van der Waals surface area contributed by atoms with Gasteiger partial charge in [-0.2, -0.15) is 0 Å². The zero-order valence-electron chi connectivity index (χ0n) is 5.37. The molecule has 2 nitrogen and oxygen atoms in total. The maximum atomic E-state index is 10.7. The molecule has 0 aromatic heterocycles. The van der Waals surface area contributed by atoms with Gasteiger partial charge in [0.1, 0.15) is 0 Å². The Kier molecular flexibility index (Phi) is 1.62. The Labute approximate surface area is 55.5 Å². The minimum Gasteiger partial charge on any atom is -0.224 e. The molecule has 0 N–H and O–H groups in total. The van der Waals surface area contributed by atoms with Crippen LogP contribution in [0.25, 0.3) is 0 Å². The largest absolute Gasteiger partial charge is 0.224 e. The van der Waals surface area contributed by atoms with E-state index in [0.29, 0.717) is 11.7 Å². The number of hydrogen-bond acceptors (Lipinski definition) is 2. The highest BCUT2D eigenvalue weighted by Gasteiger charge is 2.13. The second-order valence-electron chi connectivity index (χ2n) is 2.46. The van der Waals surface area contributed by atoms with Gasteiger partial charge in [-0.25, -0.2) is 8.42 Å². The monoisotopic (exact) mass is 146 g/mol. The van der Waals surface area contributed by atoms with Gasteiger partial charge in [0.05, 0.1) is 5.75 Å². The predicted molar refractivity (Wildman–Crippen MR) is 36.7 cm³/mol. The van der Waals surface area contributed by atoms with Crippen molar-refractivity contribution in [3.8, 4) is 0 Å². The summed E-state index contributed by atoms with van der Waals surface area (Å²) in [5, 5.41) is 1.32. The van der Waals surface area contributed by atoms with Gasteiger partial charge in [0.2, 0.25) is 0 Å². The smallest absolute Gasteiger partial charge is 0.171 e. The molecule has 0 saturated heterocycles. The van der Waals surface area contributed by atoms with Gasteiger partial charge in [0, 0.05) is 5.41 Å². The minimum atomic E-state index is -2.80. The minimum absolute atomic E-state index is 0.324. The second kappa shape index (κ2) is 2.14. The van der Waals surface area contributed by atoms with Crippen LogP contribution in [0.4, 0.5) is 0 Å². The van der Waals surface area contributed by atoms with Gasteiger partial charge in [-0.1, -0.05) is 13.0 Å². The van der Waals surface area contributed by atoms with Gasteiger partial charge in [0.25, 0.3) is 0 Å². The summed E-state index contributed by atoms with van der Waals surface area (Å²) in [5.41, 5.74) is 0. The van der Waals surface area contributed by atoms with Crippen molar-refractivity contribution in [3.63, 3.8) is 0 Å². The highest BCUT2D eigenvalue weighted by Crippen LogP contribution is 2.13. The van der Waals surface area contributed by atoms with Crippen LogP contribution in [0, 0.1) is 5.92 Å². The predicted octanol–water partition coefficient (Wildman–Crippen LogP) is 0.955. The van der Waals surface area contributed by atoms with Crippen molar-refractivity contribution in [1.82, 2.24) is 0 Å². The van der Waals surface area contributed by atoms with Crippen LogP contribution in [0.2, 0.25) is 0 Å². The number of sulfone groups is 1. The Morgan fingerprint density at radius 1 is 1.56 bits per heavy atom. The molecule has 52 valence electrons. The van der Waals surface area contributed by atoms with Crippen LogP contribution in [0.3, 0.4) is 0 Å². The second-order valence-corrected chi connectivity index (χ2v) is 4.47. The summed E-state index contributed by atoms with van der Waals surface area (Å²) >= 11 is 0. The topological polar surface area (TPSA) is 34.1 Å². The summed E-state index contributed by atoms with van der Waals surface area (Å²) in [5.74, 6) is 0.763. The average Bonchev–Trinajstić information content (AvgIpc) is 1.78. The molecule has 1 heterocycles. The Morgan fingerprint density at radius 2 is 2.22 bits per heavy atom. The van der Waals surface area contributed by atoms with Crippen molar-refractivity contribution < 1.29 is 8.42 Å². The fourth-order valence-electron chi connectivity index (χ4n) is 0.768. The SMILES string of the molecule is CC1C=CS(=O)(=O)CC1. The third kappa shape index (κ3) is 1.82. The third-order valence-corrected chi connectivity index (χ3v) is 2.85. The van der Waals surface area contributed by atoms with Crippen molar-refractivity contribution in [2.45, 2.75) is 13.3 Å². The molecule has 9 heavy (non-hydrogen) atoms. The molecule has 0 bridgehead atoms. The van der Waals surface area contributed by atoms with E-state index >= 15 is 0 Å². The molecular formula is C6H10O2S. The molecule has 3 heteroatoms. The maximum absolute atomic E-state index is 10.7. The first kappa shape index (κ1) is 6.81. The molecule has 0 saturated carbocycles. The van der Waals surface area contributed by atoms with Crippen LogP contribution in [0.1, 0.15) is 13.3 Å². The van der Waals surface area contributed by atoms with E-state index in [9.17, 15) is 8.42 Å². The molecule has 0 spiro atoms. The lowest BCUT2D eigenvalue weighted by Gasteiger charge is -2.09. The highest BCUT2D eigenvalue weighted by molar-refractivity contribution is 7.94. The van der Waals surface area contributed by atoms with E-state index in [1.807, 2.05) is 6.92 Å². The zero-order chi connectivity index (χ0) is 6.91. The first-order chi connectivity index (χ1) is 4.10. The fraction of sp³-hybridized carbons (Fsp3) is 0.667. The number of allylic oxidation sites excluding steroid dienone is 1. The molecule has 0 fully saturated rings. The molecule has 0 aromatic rings. The van der Waals surface area contributed by atoms with Crippen molar-refractivity contribution in [1.29, 1.82) is 0 Å². The Bertz CT molecular complexity index is 213. The van der Waals surface area contributed by atoms with Gasteiger partial charge >= 0.3 is 0 Å². The van der Waals surface area contributed by atoms with Crippen LogP contribution >= 0.6 is 0 Å². The lowest BCUT2D eigenvalue weighted by Crippen LogP contribution is -2.10. The summed E-state index contributed by atoms with van der Waals surface area (Å²) < 4.78 is 21.4. The summed E-state index contributed by atoms with van der Waals surface area (Å²) in [6, 6.07) is 0. The molecule has 0 aliphatic carbocycles. The van der Waals surface area contributed by atoms with Gasteiger partial charge < -0.3 is 0 Å². The lowest BCUT2D eigenvalue weighted by molar-refractivity contribution is 0.587. The molecule has 1 aliphatic rings. The maximum Gasteiger partial charge on any atom is 0.171 e. The summed E-state index contributed by atoms with van der Waals surface area (Å²) in [4.78, 5) is 0. The van der Waals surface area contributed by atoms with Crippen molar-refractivity contribution in [2.75, 3.05) is 5.75 Å². The Morgan fingerprint density at radius 3 is 2.56 bits per heavy atom. The lowest BCUT2D eigenvalue weighted by atomic mass is 10.1. The van der Waals surface area contributed by atoms with E-state index in [2.05, 4.69) is 0 Å². The van der Waals surface area contributed by atoms with E-state index in [-0.39, 0.29) is 0 Å². The fourth-order valence-corrected chi connectivity index (χ4v) is 2.11. The molecule has 1 rings (SSSR count). The van der Waals surface area contributed by atoms with Crippen molar-refractivity contribution >= 4 is 9.84 Å². The third-order valence-electron chi connectivity index (χ3n) is 1.47. The summed E-state index contributed by atoms with van der Waals surface area (Å²) in [6.45, 7) is 2.02. The van der Waals surface area contributed by atoms with Crippen molar-refractivity contribution in [2.24, 2.45) is 5.92 Å². The molecule has 1 atom stereocenters. The van der Waals surface area contributed by atoms with Crippen LogP contribution in [0.5, 0.6) is 0 Å². The van der Waals surface area contributed by atoms with Crippen LogP contribution in [-0.4, -0.2) is 14.2 Å². The molecule has 1 aliphatic heterocycles. The normalized spacial score (nSPS) is 32.3. The van der Waals surface area contributed by atoms with Gasteiger partial charge in [-0.05, 0) is 12.3 Å². The van der Waals surface area contributed by atoms with Gasteiger partial charge in [-0.15, -0.1) is 0 Å². The molecule has 0 radical (unpaired) electrons. The quantitative estimate of drug-likeness (QED) is 0.510. The van der Waals surface area contributed by atoms with Crippen LogP contribution in [-0.2, 0) is 9.84 Å². The summed E-state index contributed by atoms with van der Waals surface area (Å²) in [7, 11) is -2.80. The van der Waals surface area contributed by atoms with E-state index in [0.717, 1.165) is 6.42 Å². The number of hydrogen-bond donors (Lipinski definition) is 0. The van der Waals surface area contributed by atoms with E-state index < -0.39 is 9.84 Å². The molecule has 1 unspecified atom stereocenters. The van der Waals surface area contributed by atoms with Gasteiger partial charge in [-0.3, -0.25) is 0 Å². The van der Waals surface area contributed by atoms with E-state index in [1.165, 1.54) is 5.41 Å². The first-order valence-corrected chi connectivity index (χ1v) is 4.73. The van der Waals surface area contributed by atoms with Gasteiger partial charge in [0.15, 0.2) is 9.84 Å². The average molecular weight is 146 g/mol. The summed E-state index contributed by atoms with van der Waals surface area (Å²) in [6.07, 6.45) is 2.53. The molecule has 0 amide bonds. The Balaban J connectivity index is 2.82. The van der Waals surface area contributed by atoms with Crippen LogP contribution < -0.4 is 0 Å². The molecule has 0 aromatic carbocycles. The first-order valence-electron chi connectivity index (χ1n) is 3.01.